The Labute approximate surface area is 126 Å². The first-order valence-corrected chi connectivity index (χ1v) is 9.28. The topological polar surface area (TPSA) is 63.4 Å². The van der Waals surface area contributed by atoms with Crippen LogP contribution in [0.1, 0.15) is 12.5 Å². The van der Waals surface area contributed by atoms with Crippen molar-refractivity contribution < 1.29 is 8.42 Å². The van der Waals surface area contributed by atoms with Crippen LogP contribution in [0.25, 0.3) is 0 Å². The maximum Gasteiger partial charge on any atom is 0.243 e. The molecule has 0 amide bonds. The smallest absolute Gasteiger partial charge is 0.243 e. The minimum Gasteiger partial charge on any atom is -0.398 e. The summed E-state index contributed by atoms with van der Waals surface area (Å²) >= 11 is 5.12. The zero-order chi connectivity index (χ0) is 14.2. The highest BCUT2D eigenvalue weighted by Crippen LogP contribution is 2.30. The van der Waals surface area contributed by atoms with E-state index in [4.69, 9.17) is 5.73 Å². The number of anilines is 1. The third kappa shape index (κ3) is 3.09. The molecule has 1 aromatic carbocycles. The molecule has 1 aromatic rings. The number of nitrogens with two attached hydrogens (primary N) is 1. The quantitative estimate of drug-likeness (QED) is 0.818. The average Bonchev–Trinajstić information content (AvgIpc) is 2.33. The van der Waals surface area contributed by atoms with Gasteiger partial charge in [-0.2, -0.15) is 16.1 Å². The highest BCUT2D eigenvalue weighted by molar-refractivity contribution is 9.10. The van der Waals surface area contributed by atoms with Crippen molar-refractivity contribution in [2.24, 2.45) is 0 Å². The number of nitrogen functional groups attached to an aromatic ring is 1. The predicted molar refractivity (Wildman–Crippen MR) is 84.0 cm³/mol. The lowest BCUT2D eigenvalue weighted by atomic mass is 10.2. The molecule has 1 atom stereocenters. The minimum atomic E-state index is -3.45. The van der Waals surface area contributed by atoms with E-state index in [1.54, 1.807) is 35.1 Å². The Bertz CT molecular complexity index is 590. The molecule has 0 spiro atoms. The molecule has 1 heterocycles. The number of hydrogen-bond donors (Lipinski definition) is 1. The summed E-state index contributed by atoms with van der Waals surface area (Å²) < 4.78 is 27.6. The molecule has 0 aliphatic carbocycles. The van der Waals surface area contributed by atoms with E-state index in [-0.39, 0.29) is 0 Å². The molecule has 4 nitrogen and oxygen atoms in total. The molecule has 19 heavy (non-hydrogen) atoms. The van der Waals surface area contributed by atoms with Crippen LogP contribution < -0.4 is 5.73 Å². The zero-order valence-electron chi connectivity index (χ0n) is 10.9. The summed E-state index contributed by atoms with van der Waals surface area (Å²) in [6, 6.07) is 3.30. The van der Waals surface area contributed by atoms with E-state index < -0.39 is 10.0 Å². The second-order valence-electron chi connectivity index (χ2n) is 4.68. The van der Waals surface area contributed by atoms with Gasteiger partial charge in [0, 0.05) is 34.3 Å². The van der Waals surface area contributed by atoms with E-state index in [1.807, 2.05) is 0 Å². The van der Waals surface area contributed by atoms with Gasteiger partial charge in [0.2, 0.25) is 10.0 Å². The molecule has 0 radical (unpaired) electrons. The molecule has 2 N–H and O–H groups in total. The molecular formula is C12H17BrN2O2S2. The average molecular weight is 365 g/mol. The van der Waals surface area contributed by atoms with E-state index >= 15 is 0 Å². The van der Waals surface area contributed by atoms with Crippen molar-refractivity contribution in [3.8, 4) is 0 Å². The van der Waals surface area contributed by atoms with E-state index in [1.165, 1.54) is 0 Å². The van der Waals surface area contributed by atoms with Gasteiger partial charge in [-0.15, -0.1) is 0 Å². The maximum atomic E-state index is 12.7. The van der Waals surface area contributed by atoms with Gasteiger partial charge in [-0.3, -0.25) is 0 Å². The Morgan fingerprint density at radius 1 is 1.47 bits per heavy atom. The van der Waals surface area contributed by atoms with Gasteiger partial charge in [0.25, 0.3) is 0 Å². The molecule has 106 valence electrons. The third-order valence-electron chi connectivity index (χ3n) is 3.12. The van der Waals surface area contributed by atoms with Crippen LogP contribution in [-0.4, -0.2) is 36.8 Å². The zero-order valence-corrected chi connectivity index (χ0v) is 14.1. The van der Waals surface area contributed by atoms with Gasteiger partial charge in [-0.25, -0.2) is 8.42 Å². The molecule has 0 bridgehead atoms. The summed E-state index contributed by atoms with van der Waals surface area (Å²) in [6.07, 6.45) is 0. The van der Waals surface area contributed by atoms with Crippen molar-refractivity contribution in [3.63, 3.8) is 0 Å². The number of rotatable bonds is 2. The Hall–Kier alpha value is -0.240. The fraction of sp³-hybridized carbons (Fsp3) is 0.500. The number of hydrogen-bond acceptors (Lipinski definition) is 4. The largest absolute Gasteiger partial charge is 0.398 e. The summed E-state index contributed by atoms with van der Waals surface area (Å²) in [7, 11) is -3.45. The second kappa shape index (κ2) is 5.63. The fourth-order valence-electron chi connectivity index (χ4n) is 2.09. The first kappa shape index (κ1) is 15.2. The molecule has 0 saturated carbocycles. The van der Waals surface area contributed by atoms with Crippen LogP contribution in [0.2, 0.25) is 0 Å². The van der Waals surface area contributed by atoms with Crippen molar-refractivity contribution in [1.82, 2.24) is 4.31 Å². The Morgan fingerprint density at radius 3 is 2.79 bits per heavy atom. The van der Waals surface area contributed by atoms with Gasteiger partial charge in [-0.05, 0) is 40.5 Å². The van der Waals surface area contributed by atoms with Gasteiger partial charge in [0.1, 0.15) is 0 Å². The fourth-order valence-corrected chi connectivity index (χ4v) is 5.54. The van der Waals surface area contributed by atoms with Gasteiger partial charge in [0.15, 0.2) is 0 Å². The second-order valence-corrected chi connectivity index (χ2v) is 8.99. The molecule has 1 aliphatic heterocycles. The van der Waals surface area contributed by atoms with Crippen LogP contribution in [0, 0.1) is 6.92 Å². The van der Waals surface area contributed by atoms with Crippen LogP contribution in [0.3, 0.4) is 0 Å². The first-order valence-electron chi connectivity index (χ1n) is 5.99. The van der Waals surface area contributed by atoms with Crippen LogP contribution in [0.5, 0.6) is 0 Å². The minimum absolute atomic E-state index is 0.312. The molecule has 2 rings (SSSR count). The molecule has 7 heteroatoms. The number of halogens is 1. The normalized spacial score (nSPS) is 21.5. The molecule has 1 aliphatic rings. The van der Waals surface area contributed by atoms with Gasteiger partial charge in [-0.1, -0.05) is 6.92 Å². The lowest BCUT2D eigenvalue weighted by Gasteiger charge is -2.30. The maximum absolute atomic E-state index is 12.7. The summed E-state index contributed by atoms with van der Waals surface area (Å²) in [5.74, 6) is 0.839. The Balaban J connectivity index is 2.42. The van der Waals surface area contributed by atoms with Gasteiger partial charge < -0.3 is 5.73 Å². The van der Waals surface area contributed by atoms with Crippen LogP contribution in [-0.2, 0) is 10.0 Å². The molecule has 1 fully saturated rings. The summed E-state index contributed by atoms with van der Waals surface area (Å²) in [5.41, 5.74) is 6.97. The molecule has 1 unspecified atom stereocenters. The lowest BCUT2D eigenvalue weighted by molar-refractivity contribution is 0.424. The first-order chi connectivity index (χ1) is 8.82. The summed E-state index contributed by atoms with van der Waals surface area (Å²) in [6.45, 7) is 4.96. The number of aryl methyl sites for hydroxylation is 1. The van der Waals surface area contributed by atoms with Crippen molar-refractivity contribution in [3.05, 3.63) is 22.2 Å². The standard InChI is InChI=1S/C12H17BrN2O2S2/c1-8-5-10(13)11(14)6-12(8)19(16,17)15-3-4-18-9(2)7-15/h5-6,9H,3-4,7,14H2,1-2H3. The van der Waals surface area contributed by atoms with Gasteiger partial charge >= 0.3 is 0 Å². The number of sulfonamides is 1. The molecule has 0 aromatic heterocycles. The monoisotopic (exact) mass is 364 g/mol. The van der Waals surface area contributed by atoms with E-state index in [0.29, 0.717) is 34.5 Å². The Morgan fingerprint density at radius 2 is 2.16 bits per heavy atom. The number of thioether (sulfide) groups is 1. The summed E-state index contributed by atoms with van der Waals surface area (Å²) in [5, 5.41) is 0.330. The van der Waals surface area contributed by atoms with E-state index in [0.717, 1.165) is 10.2 Å². The van der Waals surface area contributed by atoms with Crippen molar-refractivity contribution in [2.45, 2.75) is 24.0 Å². The predicted octanol–water partition coefficient (Wildman–Crippen LogP) is 2.47. The van der Waals surface area contributed by atoms with E-state index in [2.05, 4.69) is 22.9 Å². The summed E-state index contributed by atoms with van der Waals surface area (Å²) in [4.78, 5) is 0.312. The van der Waals surface area contributed by atoms with Crippen LogP contribution in [0.4, 0.5) is 5.69 Å². The van der Waals surface area contributed by atoms with Crippen molar-refractivity contribution >= 4 is 43.4 Å². The highest BCUT2D eigenvalue weighted by atomic mass is 79.9. The van der Waals surface area contributed by atoms with E-state index in [9.17, 15) is 8.42 Å². The SMILES string of the molecule is Cc1cc(Br)c(N)cc1S(=O)(=O)N1CCSC(C)C1. The van der Waals surface area contributed by atoms with Crippen molar-refractivity contribution in [2.75, 3.05) is 24.6 Å². The van der Waals surface area contributed by atoms with Gasteiger partial charge in [0.05, 0.1) is 4.90 Å². The van der Waals surface area contributed by atoms with Crippen LogP contribution in [0.15, 0.2) is 21.5 Å². The lowest BCUT2D eigenvalue weighted by Crippen LogP contribution is -2.41. The Kier molecular flexibility index (Phi) is 4.49. The van der Waals surface area contributed by atoms with Crippen LogP contribution >= 0.6 is 27.7 Å². The highest BCUT2D eigenvalue weighted by Gasteiger charge is 2.30. The number of nitrogens with zero attached hydrogens (tertiary/aromatic N) is 1. The molecule has 1 saturated heterocycles. The third-order valence-corrected chi connectivity index (χ3v) is 6.95. The molecular weight excluding hydrogens is 348 g/mol. The van der Waals surface area contributed by atoms with Crippen molar-refractivity contribution in [1.29, 1.82) is 0 Å². The number of benzene rings is 1.